The fraction of sp³-hybridized carbons (Fsp3) is 0.421. The second-order valence-corrected chi connectivity index (χ2v) is 10.4. The van der Waals surface area contributed by atoms with Crippen LogP contribution in [-0.4, -0.2) is 49.1 Å². The Morgan fingerprint density at radius 3 is 1.36 bits per heavy atom. The highest BCUT2D eigenvalue weighted by Crippen LogP contribution is 2.29. The zero-order valence-corrected chi connectivity index (χ0v) is 22.6. The number of hydrogen-bond acceptors (Lipinski definition) is 8. The molecule has 3 aromatic rings. The van der Waals surface area contributed by atoms with Gasteiger partial charge in [-0.25, -0.2) is 9.13 Å². The second-order valence-electron chi connectivity index (χ2n) is 7.34. The molecule has 0 atom stereocenters. The first-order chi connectivity index (χ1) is 17.8. The molecule has 0 saturated heterocycles. The van der Waals surface area contributed by atoms with Gasteiger partial charge in [0.1, 0.15) is 30.5 Å². The molecule has 3 aromatic heterocycles. The molecular weight excluding hydrogens is 588 g/mol. The number of ether oxygens (including phenoxy) is 1. The third-order valence-electron chi connectivity index (χ3n) is 3.85. The zero-order chi connectivity index (χ0) is 30.2. The minimum atomic E-state index is -6.59. The SMILES string of the molecule is CCC.COc1cc(-n2cc[n+](C)c2)nc(-n2cc[n+](C)c2)c1.O=S(=O)(OOS(=O)(=O)C(F)(F)F)C(F)(F)F. The summed E-state index contributed by atoms with van der Waals surface area (Å²) in [6.45, 7) is 4.25. The number of aromatic nitrogens is 5. The molecule has 0 aliphatic rings. The zero-order valence-electron chi connectivity index (χ0n) is 21.0. The minimum absolute atomic E-state index is 0.776. The Hall–Kier alpha value is -3.23. The smallest absolute Gasteiger partial charge is 0.496 e. The molecule has 3 heterocycles. The quantitative estimate of drug-likeness (QED) is 0.136. The summed E-state index contributed by atoms with van der Waals surface area (Å²) in [7, 11) is -7.57. The maximum atomic E-state index is 11.4. The van der Waals surface area contributed by atoms with E-state index in [9.17, 15) is 43.2 Å². The van der Waals surface area contributed by atoms with Crippen LogP contribution in [0.3, 0.4) is 0 Å². The molecule has 12 nitrogen and oxygen atoms in total. The van der Waals surface area contributed by atoms with Gasteiger partial charge in [-0.1, -0.05) is 28.9 Å². The van der Waals surface area contributed by atoms with Crippen LogP contribution in [0.15, 0.2) is 49.6 Å². The Morgan fingerprint density at radius 2 is 1.13 bits per heavy atom. The monoisotopic (exact) mass is 613 g/mol. The molecule has 20 heteroatoms. The molecule has 0 aromatic carbocycles. The summed E-state index contributed by atoms with van der Waals surface area (Å²) in [5.74, 6) is 2.41. The van der Waals surface area contributed by atoms with Gasteiger partial charge in [0.2, 0.25) is 24.3 Å². The molecule has 0 saturated carbocycles. The highest BCUT2D eigenvalue weighted by atomic mass is 32.2. The van der Waals surface area contributed by atoms with Crippen molar-refractivity contribution in [2.75, 3.05) is 7.11 Å². The van der Waals surface area contributed by atoms with E-state index in [1.807, 2.05) is 81.9 Å². The van der Waals surface area contributed by atoms with E-state index in [2.05, 4.69) is 27.5 Å². The fourth-order valence-corrected chi connectivity index (χ4v) is 2.92. The van der Waals surface area contributed by atoms with Crippen LogP contribution in [-0.2, 0) is 43.0 Å². The molecule has 0 spiro atoms. The first-order valence-corrected chi connectivity index (χ1v) is 13.2. The summed E-state index contributed by atoms with van der Waals surface area (Å²) in [5.41, 5.74) is -12.2. The van der Waals surface area contributed by atoms with Gasteiger partial charge in [-0.15, -0.1) is 0 Å². The van der Waals surface area contributed by atoms with E-state index in [-0.39, 0.29) is 0 Å². The van der Waals surface area contributed by atoms with E-state index in [4.69, 9.17) is 4.74 Å². The lowest BCUT2D eigenvalue weighted by molar-refractivity contribution is -0.670. The van der Waals surface area contributed by atoms with Gasteiger partial charge >= 0.3 is 31.3 Å². The standard InChI is InChI=1S/C14H17N5O.C3H8.C2F6O6S2/c1-16-4-6-18(10-16)13-8-12(20-3)9-14(15-13)19-7-5-17(2)11-19;1-3-2;3-1(4,5)15(9,10)13-14-16(11,12)2(6,7)8/h4-11H,1-3H3;3H2,1-2H3;/q+2;;. The first kappa shape index (κ1) is 33.8. The third kappa shape index (κ3) is 9.79. The predicted molar refractivity (Wildman–Crippen MR) is 120 cm³/mol. The summed E-state index contributed by atoms with van der Waals surface area (Å²) in [5, 5.41) is 0. The highest BCUT2D eigenvalue weighted by molar-refractivity contribution is 7.89. The Kier molecular flexibility index (Phi) is 11.5. The van der Waals surface area contributed by atoms with Crippen LogP contribution in [0.1, 0.15) is 20.3 Å². The van der Waals surface area contributed by atoms with Crippen LogP contribution in [0.25, 0.3) is 11.6 Å². The molecule has 0 bridgehead atoms. The van der Waals surface area contributed by atoms with Crippen molar-refractivity contribution in [1.29, 1.82) is 0 Å². The molecule has 0 radical (unpaired) electrons. The largest absolute Gasteiger partial charge is 0.525 e. The molecule has 39 heavy (non-hydrogen) atoms. The molecule has 0 amide bonds. The highest BCUT2D eigenvalue weighted by Gasteiger charge is 2.53. The molecule has 3 rings (SSSR count). The van der Waals surface area contributed by atoms with Crippen LogP contribution in [0.5, 0.6) is 5.75 Å². The summed E-state index contributed by atoms with van der Waals surface area (Å²) < 4.78 is 126. The average molecular weight is 614 g/mol. The Bertz CT molecular complexity index is 1330. The second kappa shape index (κ2) is 13.2. The van der Waals surface area contributed by atoms with Crippen molar-refractivity contribution in [2.45, 2.75) is 31.3 Å². The van der Waals surface area contributed by atoms with Gasteiger partial charge in [0.05, 0.1) is 21.2 Å². The van der Waals surface area contributed by atoms with Crippen molar-refractivity contribution in [3.8, 4) is 17.4 Å². The lowest BCUT2D eigenvalue weighted by Gasteiger charge is -2.08. The molecule has 0 unspecified atom stereocenters. The number of pyridine rings is 1. The number of imidazole rings is 2. The van der Waals surface area contributed by atoms with E-state index in [1.54, 1.807) is 7.11 Å². The fourth-order valence-electron chi connectivity index (χ4n) is 2.18. The van der Waals surface area contributed by atoms with Crippen molar-refractivity contribution >= 4 is 20.2 Å². The Morgan fingerprint density at radius 1 is 0.795 bits per heavy atom. The van der Waals surface area contributed by atoms with Crippen LogP contribution in [0, 0.1) is 0 Å². The van der Waals surface area contributed by atoms with E-state index >= 15 is 0 Å². The van der Waals surface area contributed by atoms with Gasteiger partial charge < -0.3 is 4.74 Å². The molecule has 0 fully saturated rings. The normalized spacial score (nSPS) is 12.2. The van der Waals surface area contributed by atoms with E-state index < -0.39 is 31.3 Å². The Labute approximate surface area is 219 Å². The van der Waals surface area contributed by atoms with E-state index in [0.29, 0.717) is 0 Å². The van der Waals surface area contributed by atoms with Crippen molar-refractivity contribution in [3.05, 3.63) is 49.6 Å². The van der Waals surface area contributed by atoms with E-state index in [0.717, 1.165) is 17.4 Å². The summed E-state index contributed by atoms with van der Waals surface area (Å²) in [4.78, 5) is 4.67. The summed E-state index contributed by atoms with van der Waals surface area (Å²) >= 11 is 0. The average Bonchev–Trinajstić information content (AvgIpc) is 3.45. The third-order valence-corrected chi connectivity index (χ3v) is 5.56. The predicted octanol–water partition coefficient (Wildman–Crippen LogP) is 2.37. The van der Waals surface area contributed by atoms with E-state index in [1.165, 1.54) is 6.42 Å². The van der Waals surface area contributed by atoms with Gasteiger partial charge in [0, 0.05) is 12.1 Å². The van der Waals surface area contributed by atoms with Crippen LogP contribution in [0.4, 0.5) is 26.3 Å². The number of rotatable bonds is 6. The van der Waals surface area contributed by atoms with Gasteiger partial charge in [-0.2, -0.15) is 57.3 Å². The number of aryl methyl sites for hydroxylation is 2. The molecular formula is C19H25F6N5O7S2+2. The number of methoxy groups -OCH3 is 1. The van der Waals surface area contributed by atoms with Crippen molar-refractivity contribution in [1.82, 2.24) is 14.1 Å². The van der Waals surface area contributed by atoms with Gasteiger partial charge in [-0.05, 0) is 0 Å². The van der Waals surface area contributed by atoms with Crippen LogP contribution in [0.2, 0.25) is 0 Å². The first-order valence-electron chi connectivity index (χ1n) is 10.4. The maximum Gasteiger partial charge on any atom is 0.525 e. The van der Waals surface area contributed by atoms with Crippen molar-refractivity contribution in [2.24, 2.45) is 14.1 Å². The van der Waals surface area contributed by atoms with Gasteiger partial charge in [0.25, 0.3) is 0 Å². The van der Waals surface area contributed by atoms with Crippen molar-refractivity contribution < 1.29 is 65.7 Å². The van der Waals surface area contributed by atoms with Gasteiger partial charge in [0.15, 0.2) is 0 Å². The summed E-state index contributed by atoms with van der Waals surface area (Å²) in [6, 6.07) is 3.82. The molecule has 0 aliphatic heterocycles. The molecule has 0 N–H and O–H groups in total. The number of halogens is 6. The maximum absolute atomic E-state index is 11.4. The topological polar surface area (TPSA) is 126 Å². The van der Waals surface area contributed by atoms with Crippen LogP contribution >= 0.6 is 0 Å². The summed E-state index contributed by atoms with van der Waals surface area (Å²) in [6.07, 6.45) is 13.0. The lowest BCUT2D eigenvalue weighted by atomic mass is 10.4. The lowest BCUT2D eigenvalue weighted by Crippen LogP contribution is -2.31. The van der Waals surface area contributed by atoms with Crippen LogP contribution < -0.4 is 13.9 Å². The van der Waals surface area contributed by atoms with Crippen molar-refractivity contribution in [3.63, 3.8) is 0 Å². The number of alkyl halides is 6. The number of hydrogen-bond donors (Lipinski definition) is 0. The number of nitrogens with zero attached hydrogens (tertiary/aromatic N) is 5. The Balaban J connectivity index is 0.000000364. The molecule has 0 aliphatic carbocycles. The minimum Gasteiger partial charge on any atom is -0.496 e. The molecule has 220 valence electrons. The van der Waals surface area contributed by atoms with Gasteiger partial charge in [-0.3, -0.25) is 0 Å².